The minimum absolute atomic E-state index is 0.580. The lowest BCUT2D eigenvalue weighted by molar-refractivity contribution is -0.0374. The van der Waals surface area contributed by atoms with Gasteiger partial charge < -0.3 is 4.74 Å². The molecule has 2 fully saturated rings. The van der Waals surface area contributed by atoms with Crippen LogP contribution in [0.4, 0.5) is 0 Å². The fourth-order valence-corrected chi connectivity index (χ4v) is 2.18. The van der Waals surface area contributed by atoms with E-state index in [2.05, 4.69) is 6.92 Å². The average molecular weight is 140 g/mol. The third-order valence-electron chi connectivity index (χ3n) is 3.20. The van der Waals surface area contributed by atoms with Crippen molar-refractivity contribution >= 4 is 0 Å². The van der Waals surface area contributed by atoms with Gasteiger partial charge in [0.05, 0.1) is 6.10 Å². The average Bonchev–Trinajstić information content (AvgIpc) is 2.33. The molecule has 1 nitrogen and oxygen atoms in total. The summed E-state index contributed by atoms with van der Waals surface area (Å²) in [6.07, 6.45) is 7.45. The molecular weight excluding hydrogens is 124 g/mol. The molecule has 1 unspecified atom stereocenters. The van der Waals surface area contributed by atoms with Gasteiger partial charge in [0, 0.05) is 6.61 Å². The van der Waals surface area contributed by atoms with E-state index < -0.39 is 0 Å². The summed E-state index contributed by atoms with van der Waals surface area (Å²) >= 11 is 0. The summed E-state index contributed by atoms with van der Waals surface area (Å²) in [5.74, 6) is 0. The van der Waals surface area contributed by atoms with E-state index in [1.165, 1.54) is 32.1 Å². The third kappa shape index (κ3) is 0.878. The summed E-state index contributed by atoms with van der Waals surface area (Å²) in [5.41, 5.74) is 0.580. The topological polar surface area (TPSA) is 9.23 Å². The van der Waals surface area contributed by atoms with Crippen molar-refractivity contribution in [3.05, 3.63) is 0 Å². The summed E-state index contributed by atoms with van der Waals surface area (Å²) in [6, 6.07) is 0. The van der Waals surface area contributed by atoms with Gasteiger partial charge >= 0.3 is 0 Å². The van der Waals surface area contributed by atoms with Crippen molar-refractivity contribution in [1.29, 1.82) is 0 Å². The van der Waals surface area contributed by atoms with Crippen LogP contribution in [0, 0.1) is 5.41 Å². The predicted molar refractivity (Wildman–Crippen MR) is 40.9 cm³/mol. The minimum Gasteiger partial charge on any atom is -0.378 e. The third-order valence-corrected chi connectivity index (χ3v) is 3.20. The van der Waals surface area contributed by atoms with Crippen molar-refractivity contribution in [2.45, 2.75) is 45.1 Å². The molecule has 0 bridgehead atoms. The van der Waals surface area contributed by atoms with Crippen molar-refractivity contribution in [3.63, 3.8) is 0 Å². The van der Waals surface area contributed by atoms with Crippen LogP contribution in [0.5, 0.6) is 0 Å². The fourth-order valence-electron chi connectivity index (χ4n) is 2.18. The molecule has 0 spiro atoms. The van der Waals surface area contributed by atoms with Gasteiger partial charge in [0.2, 0.25) is 0 Å². The molecule has 1 saturated heterocycles. The van der Waals surface area contributed by atoms with Crippen LogP contribution in [0.25, 0.3) is 0 Å². The Kier molecular flexibility index (Phi) is 1.48. The lowest BCUT2D eigenvalue weighted by atomic mass is 9.66. The Morgan fingerprint density at radius 2 is 2.10 bits per heavy atom. The van der Waals surface area contributed by atoms with E-state index >= 15 is 0 Å². The zero-order valence-corrected chi connectivity index (χ0v) is 6.73. The highest BCUT2D eigenvalue weighted by molar-refractivity contribution is 4.92. The SMILES string of the molecule is CC1(C2CCCO2)CCC1. The molecule has 0 radical (unpaired) electrons. The Bertz CT molecular complexity index is 121. The molecular formula is C9H16O. The quantitative estimate of drug-likeness (QED) is 0.543. The van der Waals surface area contributed by atoms with Crippen LogP contribution in [0.15, 0.2) is 0 Å². The van der Waals surface area contributed by atoms with E-state index in [9.17, 15) is 0 Å². The van der Waals surface area contributed by atoms with Gasteiger partial charge in [-0.15, -0.1) is 0 Å². The van der Waals surface area contributed by atoms with E-state index in [-0.39, 0.29) is 0 Å². The highest BCUT2D eigenvalue weighted by Gasteiger charge is 2.41. The van der Waals surface area contributed by atoms with Crippen LogP contribution in [0.2, 0.25) is 0 Å². The molecule has 0 N–H and O–H groups in total. The number of ether oxygens (including phenoxy) is 1. The van der Waals surface area contributed by atoms with Gasteiger partial charge in [-0.3, -0.25) is 0 Å². The first-order valence-electron chi connectivity index (χ1n) is 4.43. The standard InChI is InChI=1S/C9H16O/c1-9(5-3-6-9)8-4-2-7-10-8/h8H,2-7H2,1H3. The summed E-state index contributed by atoms with van der Waals surface area (Å²) < 4.78 is 5.66. The highest BCUT2D eigenvalue weighted by Crippen LogP contribution is 2.47. The number of hydrogen-bond donors (Lipinski definition) is 0. The normalized spacial score (nSPS) is 37.5. The summed E-state index contributed by atoms with van der Waals surface area (Å²) in [5, 5.41) is 0. The molecule has 1 heteroatoms. The Morgan fingerprint density at radius 1 is 1.30 bits per heavy atom. The van der Waals surface area contributed by atoms with Crippen molar-refractivity contribution in [2.75, 3.05) is 6.61 Å². The Labute approximate surface area is 62.8 Å². The lowest BCUT2D eigenvalue weighted by Crippen LogP contribution is -2.37. The molecule has 1 aliphatic carbocycles. The van der Waals surface area contributed by atoms with Crippen molar-refractivity contribution in [2.24, 2.45) is 5.41 Å². The van der Waals surface area contributed by atoms with Crippen molar-refractivity contribution in [3.8, 4) is 0 Å². The Hall–Kier alpha value is -0.0400. The molecule has 2 aliphatic rings. The van der Waals surface area contributed by atoms with Crippen LogP contribution in [-0.2, 0) is 4.74 Å². The second-order valence-corrected chi connectivity index (χ2v) is 4.01. The first kappa shape index (κ1) is 6.66. The van der Waals surface area contributed by atoms with Crippen LogP contribution in [0.3, 0.4) is 0 Å². The monoisotopic (exact) mass is 140 g/mol. The maximum Gasteiger partial charge on any atom is 0.0629 e. The second kappa shape index (κ2) is 2.23. The summed E-state index contributed by atoms with van der Waals surface area (Å²) in [6.45, 7) is 3.40. The molecule has 10 heavy (non-hydrogen) atoms. The molecule has 1 heterocycles. The van der Waals surface area contributed by atoms with Gasteiger partial charge in [0.1, 0.15) is 0 Å². The fraction of sp³-hybridized carbons (Fsp3) is 1.00. The van der Waals surface area contributed by atoms with E-state index in [1.807, 2.05) is 0 Å². The summed E-state index contributed by atoms with van der Waals surface area (Å²) in [7, 11) is 0. The van der Waals surface area contributed by atoms with Gasteiger partial charge in [0.15, 0.2) is 0 Å². The molecule has 58 valence electrons. The molecule has 0 aromatic carbocycles. The summed E-state index contributed by atoms with van der Waals surface area (Å²) in [4.78, 5) is 0. The highest BCUT2D eigenvalue weighted by atomic mass is 16.5. The molecule has 1 aliphatic heterocycles. The maximum atomic E-state index is 5.66. The maximum absolute atomic E-state index is 5.66. The van der Waals surface area contributed by atoms with Gasteiger partial charge in [-0.25, -0.2) is 0 Å². The van der Waals surface area contributed by atoms with E-state index in [1.54, 1.807) is 0 Å². The first-order valence-corrected chi connectivity index (χ1v) is 4.43. The lowest BCUT2D eigenvalue weighted by Gasteiger charge is -2.42. The molecule has 1 saturated carbocycles. The predicted octanol–water partition coefficient (Wildman–Crippen LogP) is 2.36. The minimum atomic E-state index is 0.580. The smallest absolute Gasteiger partial charge is 0.0629 e. The van der Waals surface area contributed by atoms with Crippen LogP contribution in [0.1, 0.15) is 39.0 Å². The van der Waals surface area contributed by atoms with Gasteiger partial charge in [-0.05, 0) is 31.1 Å². The van der Waals surface area contributed by atoms with Crippen molar-refractivity contribution < 1.29 is 4.74 Å². The molecule has 2 rings (SSSR count). The van der Waals surface area contributed by atoms with E-state index in [0.29, 0.717) is 11.5 Å². The Morgan fingerprint density at radius 3 is 2.50 bits per heavy atom. The molecule has 0 aromatic heterocycles. The van der Waals surface area contributed by atoms with Gasteiger partial charge in [-0.1, -0.05) is 13.3 Å². The van der Waals surface area contributed by atoms with Crippen molar-refractivity contribution in [1.82, 2.24) is 0 Å². The van der Waals surface area contributed by atoms with Crippen LogP contribution < -0.4 is 0 Å². The van der Waals surface area contributed by atoms with Crippen LogP contribution >= 0.6 is 0 Å². The Balaban J connectivity index is 1.96. The first-order chi connectivity index (χ1) is 4.81. The largest absolute Gasteiger partial charge is 0.378 e. The second-order valence-electron chi connectivity index (χ2n) is 4.01. The molecule has 0 aromatic rings. The van der Waals surface area contributed by atoms with E-state index in [4.69, 9.17) is 4.74 Å². The zero-order valence-electron chi connectivity index (χ0n) is 6.73. The molecule has 0 amide bonds. The van der Waals surface area contributed by atoms with E-state index in [0.717, 1.165) is 6.61 Å². The van der Waals surface area contributed by atoms with Gasteiger partial charge in [0.25, 0.3) is 0 Å². The number of hydrogen-bond acceptors (Lipinski definition) is 1. The number of rotatable bonds is 1. The van der Waals surface area contributed by atoms with Crippen LogP contribution in [-0.4, -0.2) is 12.7 Å². The molecule has 1 atom stereocenters. The van der Waals surface area contributed by atoms with Gasteiger partial charge in [-0.2, -0.15) is 0 Å². The zero-order chi connectivity index (χ0) is 7.03.